The van der Waals surface area contributed by atoms with Crippen molar-refractivity contribution >= 4 is 29.1 Å². The van der Waals surface area contributed by atoms with Crippen molar-refractivity contribution in [1.82, 2.24) is 16.2 Å². The zero-order chi connectivity index (χ0) is 24.6. The van der Waals surface area contributed by atoms with E-state index in [1.54, 1.807) is 35.7 Å². The molecular weight excluding hydrogens is 450 g/mol. The number of hydrogen-bond acceptors (Lipinski definition) is 5. The number of hydrogen-bond donors (Lipinski definition) is 3. The highest BCUT2D eigenvalue weighted by molar-refractivity contribution is 7.08. The SMILES string of the molecule is CC(C)(C)c1ccc(OCc2ccc(C(=O)NNC(=O)CCNC(=O)c3ccsc3)cc2)cc1. The summed E-state index contributed by atoms with van der Waals surface area (Å²) >= 11 is 1.43. The molecule has 0 atom stereocenters. The van der Waals surface area contributed by atoms with Crippen LogP contribution in [0.15, 0.2) is 65.4 Å². The van der Waals surface area contributed by atoms with Gasteiger partial charge in [0, 0.05) is 29.5 Å². The molecule has 0 bridgehead atoms. The van der Waals surface area contributed by atoms with Crippen molar-refractivity contribution < 1.29 is 19.1 Å². The highest BCUT2D eigenvalue weighted by atomic mass is 32.1. The first-order valence-electron chi connectivity index (χ1n) is 10.9. The van der Waals surface area contributed by atoms with Gasteiger partial charge in [0.2, 0.25) is 5.91 Å². The molecule has 3 amide bonds. The lowest BCUT2D eigenvalue weighted by Crippen LogP contribution is -2.42. The molecule has 0 radical (unpaired) electrons. The third kappa shape index (κ3) is 7.45. The van der Waals surface area contributed by atoms with Gasteiger partial charge in [0.25, 0.3) is 11.8 Å². The summed E-state index contributed by atoms with van der Waals surface area (Å²) in [6.07, 6.45) is 0.0448. The number of thiophene rings is 1. The van der Waals surface area contributed by atoms with Gasteiger partial charge in [-0.1, -0.05) is 45.0 Å². The summed E-state index contributed by atoms with van der Waals surface area (Å²) < 4.78 is 5.83. The minimum atomic E-state index is -0.430. The van der Waals surface area contributed by atoms with Crippen molar-refractivity contribution in [3.63, 3.8) is 0 Å². The Hall–Kier alpha value is -3.65. The molecule has 1 heterocycles. The van der Waals surface area contributed by atoms with Gasteiger partial charge in [0.15, 0.2) is 0 Å². The van der Waals surface area contributed by atoms with E-state index < -0.39 is 11.8 Å². The fourth-order valence-corrected chi connectivity index (χ4v) is 3.65. The molecular formula is C26H29N3O4S. The second-order valence-electron chi connectivity index (χ2n) is 8.78. The van der Waals surface area contributed by atoms with Gasteiger partial charge in [-0.15, -0.1) is 0 Å². The normalized spacial score (nSPS) is 10.9. The van der Waals surface area contributed by atoms with E-state index in [0.717, 1.165) is 11.3 Å². The summed E-state index contributed by atoms with van der Waals surface area (Å²) in [4.78, 5) is 36.0. The Kier molecular flexibility index (Phi) is 8.43. The highest BCUT2D eigenvalue weighted by Crippen LogP contribution is 2.24. The minimum Gasteiger partial charge on any atom is -0.489 e. The van der Waals surface area contributed by atoms with Gasteiger partial charge in [-0.3, -0.25) is 25.2 Å². The average Bonchev–Trinajstić information content (AvgIpc) is 3.36. The summed E-state index contributed by atoms with van der Waals surface area (Å²) in [5, 5.41) is 6.20. The number of carbonyl (C=O) groups is 3. The van der Waals surface area contributed by atoms with Crippen molar-refractivity contribution in [3.8, 4) is 5.75 Å². The Balaban J connectivity index is 1.38. The van der Waals surface area contributed by atoms with Gasteiger partial charge in [-0.25, -0.2) is 0 Å². The van der Waals surface area contributed by atoms with Gasteiger partial charge in [-0.2, -0.15) is 11.3 Å². The van der Waals surface area contributed by atoms with Crippen LogP contribution in [0, 0.1) is 0 Å². The first-order valence-corrected chi connectivity index (χ1v) is 11.9. The van der Waals surface area contributed by atoms with Crippen molar-refractivity contribution in [2.75, 3.05) is 6.54 Å². The number of ether oxygens (including phenoxy) is 1. The van der Waals surface area contributed by atoms with Crippen LogP contribution in [0.5, 0.6) is 5.75 Å². The molecule has 0 aliphatic carbocycles. The van der Waals surface area contributed by atoms with E-state index in [0.29, 0.717) is 17.7 Å². The molecule has 0 unspecified atom stereocenters. The summed E-state index contributed by atoms with van der Waals surface area (Å²) in [6.45, 7) is 7.05. The van der Waals surface area contributed by atoms with Crippen LogP contribution in [-0.2, 0) is 16.8 Å². The van der Waals surface area contributed by atoms with Gasteiger partial charge in [0.05, 0.1) is 0 Å². The Morgan fingerprint density at radius 2 is 1.56 bits per heavy atom. The van der Waals surface area contributed by atoms with Gasteiger partial charge < -0.3 is 10.1 Å². The lowest BCUT2D eigenvalue weighted by Gasteiger charge is -2.19. The molecule has 178 valence electrons. The molecule has 3 aromatic rings. The van der Waals surface area contributed by atoms with E-state index in [9.17, 15) is 14.4 Å². The summed E-state index contributed by atoms with van der Waals surface area (Å²) in [6, 6.07) is 16.7. The third-order valence-corrected chi connectivity index (χ3v) is 5.76. The van der Waals surface area contributed by atoms with E-state index in [1.165, 1.54) is 16.9 Å². The maximum absolute atomic E-state index is 12.3. The summed E-state index contributed by atoms with van der Waals surface area (Å²) in [5.74, 6) is -0.282. The zero-order valence-corrected chi connectivity index (χ0v) is 20.3. The molecule has 0 aliphatic rings. The first kappa shape index (κ1) is 25.0. The van der Waals surface area contributed by atoms with Crippen LogP contribution in [0.3, 0.4) is 0 Å². The molecule has 0 aliphatic heterocycles. The number of carbonyl (C=O) groups excluding carboxylic acids is 3. The van der Waals surface area contributed by atoms with Crippen LogP contribution in [0.2, 0.25) is 0 Å². The molecule has 2 aromatic carbocycles. The van der Waals surface area contributed by atoms with Crippen molar-refractivity contribution in [2.24, 2.45) is 0 Å². The number of amides is 3. The molecule has 7 nitrogen and oxygen atoms in total. The number of nitrogens with one attached hydrogen (secondary N) is 3. The molecule has 3 rings (SSSR count). The minimum absolute atomic E-state index is 0.0448. The number of hydrazine groups is 1. The lowest BCUT2D eigenvalue weighted by molar-refractivity contribution is -0.121. The van der Waals surface area contributed by atoms with Crippen molar-refractivity contribution in [3.05, 3.63) is 87.6 Å². The van der Waals surface area contributed by atoms with Gasteiger partial charge in [0.1, 0.15) is 12.4 Å². The van der Waals surface area contributed by atoms with Crippen LogP contribution in [0.25, 0.3) is 0 Å². The fourth-order valence-electron chi connectivity index (χ4n) is 3.02. The Bertz CT molecular complexity index is 1100. The first-order chi connectivity index (χ1) is 16.2. The van der Waals surface area contributed by atoms with Crippen molar-refractivity contribution in [2.45, 2.75) is 39.2 Å². The largest absolute Gasteiger partial charge is 0.489 e. The topological polar surface area (TPSA) is 96.5 Å². The Labute approximate surface area is 203 Å². The zero-order valence-electron chi connectivity index (χ0n) is 19.5. The van der Waals surface area contributed by atoms with Crippen LogP contribution in [-0.4, -0.2) is 24.3 Å². The van der Waals surface area contributed by atoms with E-state index in [2.05, 4.69) is 49.1 Å². The van der Waals surface area contributed by atoms with E-state index in [-0.39, 0.29) is 24.3 Å². The smallest absolute Gasteiger partial charge is 0.269 e. The molecule has 0 spiro atoms. The van der Waals surface area contributed by atoms with E-state index >= 15 is 0 Å². The molecule has 1 aromatic heterocycles. The molecule has 3 N–H and O–H groups in total. The average molecular weight is 480 g/mol. The molecule has 0 saturated carbocycles. The van der Waals surface area contributed by atoms with Crippen LogP contribution in [0.1, 0.15) is 59.0 Å². The predicted molar refractivity (Wildman–Crippen MR) is 133 cm³/mol. The van der Waals surface area contributed by atoms with Crippen LogP contribution in [0.4, 0.5) is 0 Å². The molecule has 8 heteroatoms. The molecule has 34 heavy (non-hydrogen) atoms. The van der Waals surface area contributed by atoms with Crippen LogP contribution >= 0.6 is 11.3 Å². The second-order valence-corrected chi connectivity index (χ2v) is 9.56. The monoisotopic (exact) mass is 479 g/mol. The standard InChI is InChI=1S/C26H29N3O4S/c1-26(2,3)21-8-10-22(11-9-21)33-16-18-4-6-19(7-5-18)25(32)29-28-23(30)12-14-27-24(31)20-13-15-34-17-20/h4-11,13,15,17H,12,14,16H2,1-3H3,(H,27,31)(H,28,30)(H,29,32). The predicted octanol–water partition coefficient (Wildman–Crippen LogP) is 4.21. The Morgan fingerprint density at radius 3 is 2.18 bits per heavy atom. The fraction of sp³-hybridized carbons (Fsp3) is 0.269. The quantitative estimate of drug-likeness (QED) is 0.422. The molecule has 0 fully saturated rings. The molecule has 0 saturated heterocycles. The lowest BCUT2D eigenvalue weighted by atomic mass is 9.87. The second kappa shape index (κ2) is 11.5. The summed E-state index contributed by atoms with van der Waals surface area (Å²) in [5.41, 5.74) is 7.95. The number of benzene rings is 2. The van der Waals surface area contributed by atoms with E-state index in [1.807, 2.05) is 17.5 Å². The maximum atomic E-state index is 12.3. The maximum Gasteiger partial charge on any atom is 0.269 e. The highest BCUT2D eigenvalue weighted by Gasteiger charge is 2.13. The van der Waals surface area contributed by atoms with Crippen LogP contribution < -0.4 is 20.9 Å². The Morgan fingerprint density at radius 1 is 0.853 bits per heavy atom. The van der Waals surface area contributed by atoms with E-state index in [4.69, 9.17) is 4.74 Å². The summed E-state index contributed by atoms with van der Waals surface area (Å²) in [7, 11) is 0. The third-order valence-electron chi connectivity index (χ3n) is 5.08. The van der Waals surface area contributed by atoms with Gasteiger partial charge >= 0.3 is 0 Å². The van der Waals surface area contributed by atoms with Gasteiger partial charge in [-0.05, 0) is 52.3 Å². The number of rotatable bonds is 8. The van der Waals surface area contributed by atoms with Crippen molar-refractivity contribution in [1.29, 1.82) is 0 Å².